The molecule has 0 aromatic carbocycles. The Labute approximate surface area is 138 Å². The Balaban J connectivity index is 1.41. The van der Waals surface area contributed by atoms with Crippen LogP contribution in [0.5, 0.6) is 0 Å². The molecule has 0 radical (unpaired) electrons. The van der Waals surface area contributed by atoms with Crippen molar-refractivity contribution in [2.45, 2.75) is 70.0 Å². The van der Waals surface area contributed by atoms with Crippen molar-refractivity contribution in [1.82, 2.24) is 15.0 Å². The van der Waals surface area contributed by atoms with E-state index in [4.69, 9.17) is 4.52 Å². The second-order valence-corrected chi connectivity index (χ2v) is 7.48. The first-order valence-electron chi connectivity index (χ1n) is 9.40. The van der Waals surface area contributed by atoms with Gasteiger partial charge in [-0.15, -0.1) is 0 Å². The average molecular weight is 319 g/mol. The van der Waals surface area contributed by atoms with Gasteiger partial charge in [0.1, 0.15) is 11.5 Å². The lowest BCUT2D eigenvalue weighted by Gasteiger charge is -2.31. The van der Waals surface area contributed by atoms with E-state index >= 15 is 0 Å². The summed E-state index contributed by atoms with van der Waals surface area (Å²) in [6.45, 7) is 4.68. The van der Waals surface area contributed by atoms with Gasteiger partial charge in [0.25, 0.3) is 0 Å². The minimum absolute atomic E-state index is 0.309. The molecule has 2 fully saturated rings. The number of aliphatic hydroxyl groups excluding tert-OH is 1. The third-order valence-corrected chi connectivity index (χ3v) is 6.04. The highest BCUT2D eigenvalue weighted by atomic mass is 16.5. The Morgan fingerprint density at radius 2 is 1.78 bits per heavy atom. The number of hydrogen-bond donors (Lipinski definition) is 1. The highest BCUT2D eigenvalue weighted by Crippen LogP contribution is 2.28. The van der Waals surface area contributed by atoms with Crippen LogP contribution >= 0.6 is 0 Å². The first-order chi connectivity index (χ1) is 11.3. The maximum absolute atomic E-state index is 9.54. The van der Waals surface area contributed by atoms with E-state index in [-0.39, 0.29) is 0 Å². The molecule has 3 heterocycles. The molecule has 1 aliphatic carbocycles. The van der Waals surface area contributed by atoms with E-state index in [1.54, 1.807) is 0 Å². The minimum atomic E-state index is 0.309. The molecule has 2 atom stereocenters. The van der Waals surface area contributed by atoms with Gasteiger partial charge in [0.05, 0.1) is 6.61 Å². The molecule has 0 saturated carbocycles. The Morgan fingerprint density at radius 3 is 2.65 bits per heavy atom. The monoisotopic (exact) mass is 319 g/mol. The van der Waals surface area contributed by atoms with Gasteiger partial charge in [0, 0.05) is 37.2 Å². The Bertz CT molecular complexity index is 530. The van der Waals surface area contributed by atoms with E-state index in [9.17, 15) is 5.11 Å². The van der Waals surface area contributed by atoms with Crippen LogP contribution in [0, 0.1) is 0 Å². The molecule has 2 unspecified atom stereocenters. The van der Waals surface area contributed by atoms with Crippen molar-refractivity contribution in [3.05, 3.63) is 17.0 Å². The van der Waals surface area contributed by atoms with Gasteiger partial charge < -0.3 is 9.63 Å². The van der Waals surface area contributed by atoms with E-state index in [1.807, 2.05) is 0 Å². The lowest BCUT2D eigenvalue weighted by molar-refractivity contribution is 0.119. The summed E-state index contributed by atoms with van der Waals surface area (Å²) < 4.78 is 5.58. The summed E-state index contributed by atoms with van der Waals surface area (Å²) in [4.78, 5) is 5.10. The zero-order chi connectivity index (χ0) is 15.6. The van der Waals surface area contributed by atoms with Gasteiger partial charge in [0.15, 0.2) is 0 Å². The second kappa shape index (κ2) is 6.91. The topological polar surface area (TPSA) is 52.7 Å². The number of hydrogen-bond acceptors (Lipinski definition) is 5. The van der Waals surface area contributed by atoms with Crippen LogP contribution in [0.15, 0.2) is 4.52 Å². The molecule has 1 aromatic heterocycles. The molecule has 0 amide bonds. The number of nitrogens with zero attached hydrogens (tertiary/aromatic N) is 3. The van der Waals surface area contributed by atoms with E-state index in [0.29, 0.717) is 18.7 Å². The Hall–Kier alpha value is -0.910. The van der Waals surface area contributed by atoms with Crippen LogP contribution in [-0.2, 0) is 19.4 Å². The number of rotatable bonds is 5. The first-order valence-corrected chi connectivity index (χ1v) is 9.40. The van der Waals surface area contributed by atoms with Gasteiger partial charge in [0.2, 0.25) is 0 Å². The lowest BCUT2D eigenvalue weighted by Crippen LogP contribution is -2.43. The summed E-state index contributed by atoms with van der Waals surface area (Å²) in [6.07, 6.45) is 9.66. The highest BCUT2D eigenvalue weighted by Gasteiger charge is 2.32. The minimum Gasteiger partial charge on any atom is -0.395 e. The third-order valence-electron chi connectivity index (χ3n) is 6.04. The van der Waals surface area contributed by atoms with Gasteiger partial charge >= 0.3 is 0 Å². The quantitative estimate of drug-likeness (QED) is 0.899. The van der Waals surface area contributed by atoms with Crippen LogP contribution in [0.25, 0.3) is 0 Å². The normalized spacial score (nSPS) is 29.3. The smallest absolute Gasteiger partial charge is 0.140 e. The second-order valence-electron chi connectivity index (χ2n) is 7.48. The zero-order valence-corrected chi connectivity index (χ0v) is 14.0. The van der Waals surface area contributed by atoms with Crippen LogP contribution < -0.4 is 0 Å². The summed E-state index contributed by atoms with van der Waals surface area (Å²) in [5, 5.41) is 13.9. The molecule has 5 nitrogen and oxygen atoms in total. The van der Waals surface area contributed by atoms with Gasteiger partial charge in [-0.05, 0) is 58.0 Å². The first kappa shape index (κ1) is 15.6. The predicted molar refractivity (Wildman–Crippen MR) is 88.3 cm³/mol. The van der Waals surface area contributed by atoms with Gasteiger partial charge in [-0.2, -0.15) is 0 Å². The van der Waals surface area contributed by atoms with Crippen molar-refractivity contribution in [2.24, 2.45) is 0 Å². The largest absolute Gasteiger partial charge is 0.395 e. The van der Waals surface area contributed by atoms with Crippen LogP contribution in [-0.4, -0.2) is 58.4 Å². The average Bonchev–Trinajstić information content (AvgIpc) is 3.29. The van der Waals surface area contributed by atoms with Crippen molar-refractivity contribution in [3.8, 4) is 0 Å². The molecule has 4 rings (SSSR count). The molecule has 0 spiro atoms. The summed E-state index contributed by atoms with van der Waals surface area (Å²) in [5.74, 6) is 1.14. The van der Waals surface area contributed by atoms with Crippen LogP contribution in [0.1, 0.15) is 55.5 Å². The molecule has 2 aliphatic heterocycles. The van der Waals surface area contributed by atoms with Gasteiger partial charge in [-0.1, -0.05) is 5.16 Å². The van der Waals surface area contributed by atoms with Crippen molar-refractivity contribution >= 4 is 0 Å². The maximum atomic E-state index is 9.54. The van der Waals surface area contributed by atoms with Gasteiger partial charge in [-0.3, -0.25) is 9.80 Å². The summed E-state index contributed by atoms with van der Waals surface area (Å²) >= 11 is 0. The van der Waals surface area contributed by atoms with Crippen LogP contribution in [0.2, 0.25) is 0 Å². The Kier molecular flexibility index (Phi) is 4.69. The Morgan fingerprint density at radius 1 is 1.00 bits per heavy atom. The standard InChI is InChI=1S/C18H29N3O2/c22-13-15-6-4-9-20(15)11-14-5-3-10-21(14)12-17-16-7-1-2-8-18(16)23-19-17/h14-15,22H,1-13H2. The fourth-order valence-electron chi connectivity index (χ4n) is 4.69. The lowest BCUT2D eigenvalue weighted by atomic mass is 9.96. The molecule has 128 valence electrons. The molecule has 0 bridgehead atoms. The fourth-order valence-corrected chi connectivity index (χ4v) is 4.69. The third kappa shape index (κ3) is 3.19. The van der Waals surface area contributed by atoms with Crippen molar-refractivity contribution in [2.75, 3.05) is 26.2 Å². The molecule has 3 aliphatic rings. The molecule has 1 aromatic rings. The van der Waals surface area contributed by atoms with E-state index in [1.165, 1.54) is 49.9 Å². The number of aliphatic hydroxyl groups is 1. The number of aryl methyl sites for hydroxylation is 1. The molecule has 23 heavy (non-hydrogen) atoms. The van der Waals surface area contributed by atoms with Crippen molar-refractivity contribution in [3.63, 3.8) is 0 Å². The molecule has 2 saturated heterocycles. The van der Waals surface area contributed by atoms with E-state index in [0.717, 1.165) is 44.7 Å². The number of aromatic nitrogens is 1. The van der Waals surface area contributed by atoms with E-state index < -0.39 is 0 Å². The summed E-state index contributed by atoms with van der Waals surface area (Å²) in [5.41, 5.74) is 2.59. The SMILES string of the molecule is OCC1CCCN1CC1CCCN1Cc1noc2c1CCCC2. The maximum Gasteiger partial charge on any atom is 0.140 e. The van der Waals surface area contributed by atoms with Crippen LogP contribution in [0.4, 0.5) is 0 Å². The highest BCUT2D eigenvalue weighted by molar-refractivity contribution is 5.25. The zero-order valence-electron chi connectivity index (χ0n) is 14.0. The number of fused-ring (bicyclic) bond motifs is 1. The summed E-state index contributed by atoms with van der Waals surface area (Å²) in [6, 6.07) is 0.996. The molecule has 5 heteroatoms. The van der Waals surface area contributed by atoms with Gasteiger partial charge in [-0.25, -0.2) is 0 Å². The van der Waals surface area contributed by atoms with Crippen molar-refractivity contribution in [1.29, 1.82) is 0 Å². The molecule has 1 N–H and O–H groups in total. The number of likely N-dealkylation sites (tertiary alicyclic amines) is 2. The summed E-state index contributed by atoms with van der Waals surface area (Å²) in [7, 11) is 0. The predicted octanol–water partition coefficient (Wildman–Crippen LogP) is 1.97. The van der Waals surface area contributed by atoms with Crippen molar-refractivity contribution < 1.29 is 9.63 Å². The fraction of sp³-hybridized carbons (Fsp3) is 0.833. The van der Waals surface area contributed by atoms with Crippen LogP contribution in [0.3, 0.4) is 0 Å². The molecular formula is C18H29N3O2. The van der Waals surface area contributed by atoms with E-state index in [2.05, 4.69) is 15.0 Å². The molecular weight excluding hydrogens is 290 g/mol.